The number of rotatable bonds is 4. The van der Waals surface area contributed by atoms with Gasteiger partial charge in [0, 0.05) is 25.4 Å². The maximum Gasteiger partial charge on any atom is 0.320 e. The zero-order valence-corrected chi connectivity index (χ0v) is 17.2. The molecule has 3 heterocycles. The molecule has 5 rings (SSSR count). The van der Waals surface area contributed by atoms with Crippen molar-refractivity contribution >= 4 is 23.0 Å². The predicted molar refractivity (Wildman–Crippen MR) is 119 cm³/mol. The minimum Gasteiger partial charge on any atom is -0.338 e. The molecule has 4 aromatic rings. The number of hydrogen-bond donors (Lipinski definition) is 2. The summed E-state index contributed by atoms with van der Waals surface area (Å²) >= 11 is 0. The van der Waals surface area contributed by atoms with Crippen molar-refractivity contribution in [1.29, 1.82) is 0 Å². The number of carbonyl (C=O) groups excluding carboxylic acids is 1. The van der Waals surface area contributed by atoms with Gasteiger partial charge in [-0.15, -0.1) is 0 Å². The number of aryl methyl sites for hydroxylation is 2. The molecule has 1 aromatic carbocycles. The molecule has 31 heavy (non-hydrogen) atoms. The van der Waals surface area contributed by atoms with E-state index < -0.39 is 0 Å². The van der Waals surface area contributed by atoms with E-state index in [1.54, 1.807) is 29.2 Å². The van der Waals surface area contributed by atoms with Crippen molar-refractivity contribution in [3.05, 3.63) is 66.1 Å². The lowest BCUT2D eigenvalue weighted by Crippen LogP contribution is -2.35. The molecule has 0 bridgehead atoms. The first kappa shape index (κ1) is 19.2. The number of hydrogen-bond acceptors (Lipinski definition) is 5. The molecule has 0 spiro atoms. The first-order chi connectivity index (χ1) is 15.1. The molecule has 1 aliphatic rings. The second-order valence-electron chi connectivity index (χ2n) is 7.91. The highest BCUT2D eigenvalue weighted by molar-refractivity contribution is 5.89. The molecule has 0 radical (unpaired) electrons. The van der Waals surface area contributed by atoms with Crippen LogP contribution in [0.5, 0.6) is 0 Å². The van der Waals surface area contributed by atoms with Crippen LogP contribution in [-0.2, 0) is 19.9 Å². The summed E-state index contributed by atoms with van der Waals surface area (Å²) in [6.45, 7) is 0.638. The fourth-order valence-electron chi connectivity index (χ4n) is 4.00. The number of urea groups is 1. The van der Waals surface area contributed by atoms with Crippen LogP contribution in [0.2, 0.25) is 0 Å². The number of nitrogens with one attached hydrogen (secondary N) is 2. The molecule has 2 amide bonds. The molecule has 1 aliphatic carbocycles. The molecule has 1 atom stereocenters. The average molecular weight is 413 g/mol. The molecule has 3 aromatic heterocycles. The Balaban J connectivity index is 1.23. The van der Waals surface area contributed by atoms with Crippen molar-refractivity contribution in [1.82, 2.24) is 30.0 Å². The summed E-state index contributed by atoms with van der Waals surface area (Å²) in [5, 5.41) is 9.96. The Morgan fingerprint density at radius 1 is 1.13 bits per heavy atom. The standard InChI is InChI=1S/C23H23N7O/c1-30-14-18(12-26-30)20-13-24-19-8-9-21(28-22(19)27-20)29-23(31)25-11-15-6-7-16-4-2-3-5-17(16)10-15/h2-5,8-9,12-15H,6-7,10-11H2,1H3,(H2,25,27,28,29,31). The van der Waals surface area contributed by atoms with E-state index in [-0.39, 0.29) is 6.03 Å². The van der Waals surface area contributed by atoms with Gasteiger partial charge >= 0.3 is 6.03 Å². The summed E-state index contributed by atoms with van der Waals surface area (Å²) in [7, 11) is 1.85. The molecule has 8 nitrogen and oxygen atoms in total. The monoisotopic (exact) mass is 413 g/mol. The fraction of sp³-hybridized carbons (Fsp3) is 0.261. The van der Waals surface area contributed by atoms with Crippen LogP contribution >= 0.6 is 0 Å². The van der Waals surface area contributed by atoms with Gasteiger partial charge in [-0.1, -0.05) is 24.3 Å². The van der Waals surface area contributed by atoms with Crippen molar-refractivity contribution in [2.75, 3.05) is 11.9 Å². The molecular weight excluding hydrogens is 390 g/mol. The molecule has 156 valence electrons. The molecule has 1 unspecified atom stereocenters. The molecule has 0 saturated carbocycles. The highest BCUT2D eigenvalue weighted by Gasteiger charge is 2.19. The van der Waals surface area contributed by atoms with Gasteiger partial charge in [-0.25, -0.2) is 14.8 Å². The second-order valence-corrected chi connectivity index (χ2v) is 7.91. The minimum absolute atomic E-state index is 0.262. The number of fused-ring (bicyclic) bond motifs is 2. The largest absolute Gasteiger partial charge is 0.338 e. The van der Waals surface area contributed by atoms with E-state index in [1.807, 2.05) is 13.2 Å². The topological polar surface area (TPSA) is 97.6 Å². The molecule has 2 N–H and O–H groups in total. The van der Waals surface area contributed by atoms with E-state index in [0.717, 1.165) is 24.8 Å². The summed E-state index contributed by atoms with van der Waals surface area (Å²) in [4.78, 5) is 25.9. The molecule has 0 saturated heterocycles. The van der Waals surface area contributed by atoms with Crippen LogP contribution in [0.4, 0.5) is 10.6 Å². The van der Waals surface area contributed by atoms with Crippen molar-refractivity contribution in [3.8, 4) is 11.3 Å². The Morgan fingerprint density at radius 3 is 2.84 bits per heavy atom. The van der Waals surface area contributed by atoms with Crippen molar-refractivity contribution in [2.45, 2.75) is 19.3 Å². The Morgan fingerprint density at radius 2 is 2.00 bits per heavy atom. The highest BCUT2D eigenvalue weighted by atomic mass is 16.2. The van der Waals surface area contributed by atoms with E-state index in [2.05, 4.69) is 54.9 Å². The molecule has 0 aliphatic heterocycles. The number of anilines is 1. The lowest BCUT2D eigenvalue weighted by Gasteiger charge is -2.24. The summed E-state index contributed by atoms with van der Waals surface area (Å²) in [5.41, 5.74) is 5.51. The van der Waals surface area contributed by atoms with E-state index in [9.17, 15) is 4.79 Å². The molecular formula is C23H23N7O. The van der Waals surface area contributed by atoms with Crippen LogP contribution in [0, 0.1) is 5.92 Å². The van der Waals surface area contributed by atoms with Crippen LogP contribution in [0.25, 0.3) is 22.4 Å². The van der Waals surface area contributed by atoms with Crippen LogP contribution < -0.4 is 10.6 Å². The van der Waals surface area contributed by atoms with Crippen molar-refractivity contribution < 1.29 is 4.79 Å². The van der Waals surface area contributed by atoms with Gasteiger partial charge in [0.1, 0.15) is 11.3 Å². The van der Waals surface area contributed by atoms with Gasteiger partial charge in [-0.05, 0) is 48.4 Å². The average Bonchev–Trinajstić information content (AvgIpc) is 3.23. The lowest BCUT2D eigenvalue weighted by molar-refractivity contribution is 0.249. The number of benzene rings is 1. The van der Waals surface area contributed by atoms with Gasteiger partial charge in [0.25, 0.3) is 0 Å². The third-order valence-electron chi connectivity index (χ3n) is 5.65. The third kappa shape index (κ3) is 4.23. The van der Waals surface area contributed by atoms with E-state index in [1.165, 1.54) is 11.1 Å². The Bertz CT molecular complexity index is 1250. The van der Waals surface area contributed by atoms with Gasteiger partial charge in [0.05, 0.1) is 18.1 Å². The number of aromatic nitrogens is 5. The zero-order valence-electron chi connectivity index (χ0n) is 17.2. The van der Waals surface area contributed by atoms with Gasteiger partial charge < -0.3 is 5.32 Å². The summed E-state index contributed by atoms with van der Waals surface area (Å²) < 4.78 is 1.71. The molecule has 8 heteroatoms. The van der Waals surface area contributed by atoms with Gasteiger partial charge in [-0.2, -0.15) is 5.10 Å². The highest BCUT2D eigenvalue weighted by Crippen LogP contribution is 2.25. The summed E-state index contributed by atoms with van der Waals surface area (Å²) in [6, 6.07) is 11.8. The van der Waals surface area contributed by atoms with Crippen LogP contribution in [0.3, 0.4) is 0 Å². The number of pyridine rings is 1. The Kier molecular flexibility index (Phi) is 5.03. The zero-order chi connectivity index (χ0) is 21.2. The summed E-state index contributed by atoms with van der Waals surface area (Å²) in [6.07, 6.45) is 8.44. The van der Waals surface area contributed by atoms with Crippen molar-refractivity contribution in [3.63, 3.8) is 0 Å². The number of nitrogens with zero attached hydrogens (tertiary/aromatic N) is 5. The second kappa shape index (κ2) is 8.14. The SMILES string of the molecule is Cn1cc(-c2cnc3ccc(NC(=O)NCC4CCc5ccccc5C4)nc3n2)cn1. The van der Waals surface area contributed by atoms with Crippen LogP contribution in [0.1, 0.15) is 17.5 Å². The lowest BCUT2D eigenvalue weighted by atomic mass is 9.84. The maximum atomic E-state index is 12.4. The van der Waals surface area contributed by atoms with E-state index >= 15 is 0 Å². The fourth-order valence-corrected chi connectivity index (χ4v) is 4.00. The quantitative estimate of drug-likeness (QED) is 0.535. The van der Waals surface area contributed by atoms with Crippen LogP contribution in [0.15, 0.2) is 55.0 Å². The predicted octanol–water partition coefficient (Wildman–Crippen LogP) is 3.35. The van der Waals surface area contributed by atoms with Crippen LogP contribution in [-0.4, -0.2) is 37.3 Å². The maximum absolute atomic E-state index is 12.4. The normalized spacial score (nSPS) is 15.5. The van der Waals surface area contributed by atoms with Crippen molar-refractivity contribution in [2.24, 2.45) is 13.0 Å². The number of carbonyl (C=O) groups is 1. The number of amides is 2. The van der Waals surface area contributed by atoms with Gasteiger partial charge in [0.15, 0.2) is 5.65 Å². The van der Waals surface area contributed by atoms with E-state index in [0.29, 0.717) is 35.1 Å². The van der Waals surface area contributed by atoms with E-state index in [4.69, 9.17) is 0 Å². The first-order valence-electron chi connectivity index (χ1n) is 10.4. The minimum atomic E-state index is -0.262. The van der Waals surface area contributed by atoms with Gasteiger partial charge in [0.2, 0.25) is 0 Å². The smallest absolute Gasteiger partial charge is 0.320 e. The summed E-state index contributed by atoms with van der Waals surface area (Å²) in [5.74, 6) is 0.884. The first-order valence-corrected chi connectivity index (χ1v) is 10.4. The Labute approximate surface area is 179 Å². The Hall–Kier alpha value is -3.81. The third-order valence-corrected chi connectivity index (χ3v) is 5.65. The molecule has 0 fully saturated rings. The van der Waals surface area contributed by atoms with Gasteiger partial charge in [-0.3, -0.25) is 15.0 Å².